The topological polar surface area (TPSA) is 69.3 Å². The zero-order valence-corrected chi connectivity index (χ0v) is 18.3. The molecule has 1 N–H and O–H groups in total. The summed E-state index contributed by atoms with van der Waals surface area (Å²) in [6.07, 6.45) is 1.90. The van der Waals surface area contributed by atoms with Crippen LogP contribution < -0.4 is 4.31 Å². The van der Waals surface area contributed by atoms with Gasteiger partial charge in [0.1, 0.15) is 12.6 Å². The normalized spacial score (nSPS) is 10.7. The fourth-order valence-electron chi connectivity index (χ4n) is 3.28. The molecular weight excluding hydrogens is 453 g/mol. The molecule has 0 spiro atoms. The third-order valence-corrected chi connectivity index (χ3v) is 6.02. The van der Waals surface area contributed by atoms with Gasteiger partial charge in [0.05, 0.1) is 16.8 Å². The molecule has 1 heterocycles. The number of aliphatic carboxylic acids is 1. The SMILES string of the molecule is N#Cc1ccccc1-n1ccc2cc(N(CC(=O)O)Sc3cc(Cl)cc(Cl)c3)ccc21. The maximum atomic E-state index is 11.5. The minimum absolute atomic E-state index is 0.210. The highest BCUT2D eigenvalue weighted by molar-refractivity contribution is 8.00. The predicted molar refractivity (Wildman–Crippen MR) is 125 cm³/mol. The molecule has 0 atom stereocenters. The number of para-hydroxylation sites is 1. The first kappa shape index (κ1) is 21.1. The van der Waals surface area contributed by atoms with E-state index in [2.05, 4.69) is 6.07 Å². The van der Waals surface area contributed by atoms with Crippen LogP contribution in [0.25, 0.3) is 16.6 Å². The fraction of sp³-hybridized carbons (Fsp3) is 0.0435. The molecule has 0 aliphatic rings. The lowest BCUT2D eigenvalue weighted by Gasteiger charge is -2.22. The average molecular weight is 468 g/mol. The molecule has 0 saturated carbocycles. The van der Waals surface area contributed by atoms with Gasteiger partial charge in [-0.05, 0) is 66.5 Å². The summed E-state index contributed by atoms with van der Waals surface area (Å²) in [6, 6.07) is 22.3. The summed E-state index contributed by atoms with van der Waals surface area (Å²) in [7, 11) is 0. The number of hydrogen-bond acceptors (Lipinski definition) is 4. The monoisotopic (exact) mass is 467 g/mol. The quantitative estimate of drug-likeness (QED) is 0.331. The molecule has 0 amide bonds. The number of hydrogen-bond donors (Lipinski definition) is 1. The number of halogens is 2. The second-order valence-corrected chi connectivity index (χ2v) is 8.65. The van der Waals surface area contributed by atoms with Gasteiger partial charge < -0.3 is 14.0 Å². The molecule has 4 rings (SSSR count). The predicted octanol–water partition coefficient (Wildman–Crippen LogP) is 6.41. The number of fused-ring (bicyclic) bond motifs is 1. The number of rotatable bonds is 6. The first-order valence-corrected chi connectivity index (χ1v) is 10.7. The van der Waals surface area contributed by atoms with Crippen LogP contribution in [0.4, 0.5) is 5.69 Å². The summed E-state index contributed by atoms with van der Waals surface area (Å²) in [6.45, 7) is -0.210. The second kappa shape index (κ2) is 8.94. The highest BCUT2D eigenvalue weighted by Gasteiger charge is 2.16. The van der Waals surface area contributed by atoms with Gasteiger partial charge in [0.15, 0.2) is 0 Å². The Morgan fingerprint density at radius 2 is 1.81 bits per heavy atom. The zero-order valence-electron chi connectivity index (χ0n) is 16.0. The number of anilines is 1. The van der Waals surface area contributed by atoms with E-state index in [-0.39, 0.29) is 6.54 Å². The molecule has 3 aromatic carbocycles. The Bertz CT molecular complexity index is 1310. The van der Waals surface area contributed by atoms with Crippen molar-refractivity contribution in [1.82, 2.24) is 4.57 Å². The smallest absolute Gasteiger partial charge is 0.324 e. The van der Waals surface area contributed by atoms with Crippen LogP contribution >= 0.6 is 35.1 Å². The molecule has 4 aromatic rings. The van der Waals surface area contributed by atoms with Crippen molar-refractivity contribution in [2.45, 2.75) is 4.90 Å². The van der Waals surface area contributed by atoms with Crippen molar-refractivity contribution in [3.05, 3.63) is 88.5 Å². The molecule has 8 heteroatoms. The van der Waals surface area contributed by atoms with Crippen LogP contribution in [0.15, 0.2) is 77.8 Å². The summed E-state index contributed by atoms with van der Waals surface area (Å²) >= 11 is 13.4. The van der Waals surface area contributed by atoms with E-state index < -0.39 is 5.97 Å². The van der Waals surface area contributed by atoms with Crippen molar-refractivity contribution in [2.75, 3.05) is 10.8 Å². The van der Waals surface area contributed by atoms with E-state index in [1.54, 1.807) is 28.6 Å². The fourth-order valence-corrected chi connectivity index (χ4v) is 4.94. The zero-order chi connectivity index (χ0) is 22.0. The van der Waals surface area contributed by atoms with Crippen molar-refractivity contribution < 1.29 is 9.90 Å². The number of benzene rings is 3. The van der Waals surface area contributed by atoms with E-state index in [0.29, 0.717) is 15.6 Å². The van der Waals surface area contributed by atoms with Crippen LogP contribution in [0.5, 0.6) is 0 Å². The van der Waals surface area contributed by atoms with Crippen LogP contribution in [0.1, 0.15) is 5.56 Å². The lowest BCUT2D eigenvalue weighted by Crippen LogP contribution is -2.22. The highest BCUT2D eigenvalue weighted by Crippen LogP contribution is 2.34. The van der Waals surface area contributed by atoms with E-state index >= 15 is 0 Å². The summed E-state index contributed by atoms with van der Waals surface area (Å²) in [5.74, 6) is -0.957. The standard InChI is InChI=1S/C23H15Cl2N3O2S/c24-17-10-18(25)12-20(11-17)31-28(14-23(29)30)19-5-6-22-15(9-19)7-8-27(22)21-4-2-1-3-16(21)13-26/h1-12H,14H2,(H,29,30). The molecule has 0 radical (unpaired) electrons. The van der Waals surface area contributed by atoms with Crippen LogP contribution in [-0.4, -0.2) is 22.2 Å². The third-order valence-electron chi connectivity index (χ3n) is 4.58. The van der Waals surface area contributed by atoms with Gasteiger partial charge in [-0.15, -0.1) is 0 Å². The Kier molecular flexibility index (Phi) is 6.10. The molecule has 1 aromatic heterocycles. The highest BCUT2D eigenvalue weighted by atomic mass is 35.5. The number of carbonyl (C=O) groups is 1. The van der Waals surface area contributed by atoms with Gasteiger partial charge in [-0.2, -0.15) is 5.26 Å². The van der Waals surface area contributed by atoms with Gasteiger partial charge in [-0.25, -0.2) is 0 Å². The van der Waals surface area contributed by atoms with E-state index in [0.717, 1.165) is 27.2 Å². The van der Waals surface area contributed by atoms with Gasteiger partial charge in [-0.1, -0.05) is 35.3 Å². The number of carboxylic acid groups (broad SMARTS) is 1. The lowest BCUT2D eigenvalue weighted by molar-refractivity contribution is -0.135. The largest absolute Gasteiger partial charge is 0.480 e. The molecule has 0 fully saturated rings. The molecule has 0 unspecified atom stereocenters. The Morgan fingerprint density at radius 3 is 2.52 bits per heavy atom. The summed E-state index contributed by atoms with van der Waals surface area (Å²) < 4.78 is 3.62. The lowest BCUT2D eigenvalue weighted by atomic mass is 10.2. The van der Waals surface area contributed by atoms with E-state index in [4.69, 9.17) is 23.2 Å². The molecular formula is C23H15Cl2N3O2S. The van der Waals surface area contributed by atoms with Crippen molar-refractivity contribution in [1.29, 1.82) is 5.26 Å². The number of carboxylic acids is 1. The van der Waals surface area contributed by atoms with Crippen LogP contribution in [0, 0.1) is 11.3 Å². The van der Waals surface area contributed by atoms with E-state index in [9.17, 15) is 15.2 Å². The van der Waals surface area contributed by atoms with Crippen molar-refractivity contribution >= 4 is 57.7 Å². The Hall–Kier alpha value is -3.11. The van der Waals surface area contributed by atoms with Crippen molar-refractivity contribution in [3.8, 4) is 11.8 Å². The van der Waals surface area contributed by atoms with Crippen LogP contribution in [-0.2, 0) is 4.79 Å². The van der Waals surface area contributed by atoms with Gasteiger partial charge in [-0.3, -0.25) is 4.79 Å². The van der Waals surface area contributed by atoms with Gasteiger partial charge in [0.2, 0.25) is 0 Å². The van der Waals surface area contributed by atoms with Gasteiger partial charge in [0, 0.05) is 32.2 Å². The van der Waals surface area contributed by atoms with E-state index in [1.165, 1.54) is 11.9 Å². The minimum atomic E-state index is -0.957. The summed E-state index contributed by atoms with van der Waals surface area (Å²) in [5.41, 5.74) is 3.00. The molecule has 0 bridgehead atoms. The summed E-state index contributed by atoms with van der Waals surface area (Å²) in [5, 5.41) is 20.7. The van der Waals surface area contributed by atoms with Crippen LogP contribution in [0.2, 0.25) is 10.0 Å². The molecule has 0 aliphatic heterocycles. The second-order valence-electron chi connectivity index (χ2n) is 6.68. The number of nitriles is 1. The van der Waals surface area contributed by atoms with Gasteiger partial charge >= 0.3 is 5.97 Å². The molecule has 31 heavy (non-hydrogen) atoms. The molecule has 154 valence electrons. The van der Waals surface area contributed by atoms with Crippen molar-refractivity contribution in [3.63, 3.8) is 0 Å². The first-order valence-electron chi connectivity index (χ1n) is 9.18. The summed E-state index contributed by atoms with van der Waals surface area (Å²) in [4.78, 5) is 12.2. The Morgan fingerprint density at radius 1 is 1.06 bits per heavy atom. The van der Waals surface area contributed by atoms with Crippen LogP contribution in [0.3, 0.4) is 0 Å². The Labute approximate surface area is 193 Å². The molecule has 0 saturated heterocycles. The molecule has 5 nitrogen and oxygen atoms in total. The number of aromatic nitrogens is 1. The first-order chi connectivity index (χ1) is 14.9. The third kappa shape index (κ3) is 4.64. The maximum absolute atomic E-state index is 11.5. The maximum Gasteiger partial charge on any atom is 0.324 e. The van der Waals surface area contributed by atoms with E-state index in [1.807, 2.05) is 53.2 Å². The van der Waals surface area contributed by atoms with Crippen molar-refractivity contribution in [2.24, 2.45) is 0 Å². The minimum Gasteiger partial charge on any atom is -0.480 e. The molecule has 0 aliphatic carbocycles. The Balaban J connectivity index is 1.73. The number of nitrogens with zero attached hydrogens (tertiary/aromatic N) is 3. The van der Waals surface area contributed by atoms with Gasteiger partial charge in [0.25, 0.3) is 0 Å². The average Bonchev–Trinajstić information content (AvgIpc) is 3.15.